The molecule has 0 aliphatic heterocycles. The molecule has 0 bridgehead atoms. The van der Waals surface area contributed by atoms with E-state index >= 15 is 0 Å². The fourth-order valence-corrected chi connectivity index (χ4v) is 6.55. The Morgan fingerprint density at radius 1 is 0.975 bits per heavy atom. The van der Waals surface area contributed by atoms with E-state index in [0.717, 1.165) is 41.1 Å². The minimum absolute atomic E-state index is 0.0577. The van der Waals surface area contributed by atoms with E-state index in [1.54, 1.807) is 43.3 Å². The highest BCUT2D eigenvalue weighted by Crippen LogP contribution is 2.28. The van der Waals surface area contributed by atoms with Crippen LogP contribution in [0.15, 0.2) is 83.8 Å². The lowest BCUT2D eigenvalue weighted by Crippen LogP contribution is -2.53. The third-order valence-electron chi connectivity index (χ3n) is 7.41. The van der Waals surface area contributed by atoms with Gasteiger partial charge in [-0.05, 0) is 68.5 Å². The smallest absolute Gasteiger partial charge is 0.264 e. The molecule has 9 heteroatoms. The molecule has 0 radical (unpaired) electrons. The summed E-state index contributed by atoms with van der Waals surface area (Å²) in [6, 6.07) is 21.9. The number of hydrogen-bond donors (Lipinski definition) is 1. The molecule has 1 aliphatic carbocycles. The number of carbonyl (C=O) groups excluding carboxylic acids is 2. The summed E-state index contributed by atoms with van der Waals surface area (Å²) < 4.78 is 28.7. The van der Waals surface area contributed by atoms with Crippen LogP contribution in [0.2, 0.25) is 5.02 Å². The van der Waals surface area contributed by atoms with Crippen LogP contribution in [0.5, 0.6) is 0 Å². The van der Waals surface area contributed by atoms with E-state index in [1.165, 1.54) is 17.0 Å². The van der Waals surface area contributed by atoms with Gasteiger partial charge in [0.25, 0.3) is 10.0 Å². The van der Waals surface area contributed by atoms with Crippen LogP contribution in [0.4, 0.5) is 5.69 Å². The highest BCUT2D eigenvalue weighted by atomic mass is 35.5. The lowest BCUT2D eigenvalue weighted by Gasteiger charge is -2.32. The Bertz CT molecular complexity index is 1410. The monoisotopic (exact) mass is 581 g/mol. The number of sulfonamides is 1. The van der Waals surface area contributed by atoms with Crippen molar-refractivity contribution in [2.45, 2.75) is 62.9 Å². The normalized spacial score (nSPS) is 14.5. The molecule has 3 aromatic carbocycles. The second-order valence-corrected chi connectivity index (χ2v) is 12.5. The average Bonchev–Trinajstić information content (AvgIpc) is 3.47. The highest BCUT2D eigenvalue weighted by Gasteiger charge is 2.33. The van der Waals surface area contributed by atoms with Gasteiger partial charge in [-0.15, -0.1) is 0 Å². The molecule has 0 saturated heterocycles. The van der Waals surface area contributed by atoms with Gasteiger partial charge in [-0.3, -0.25) is 13.9 Å². The standard InChI is InChI=1S/C31H36ClN3O4S/c1-23-17-18-27(21-29(23)32)35(40(38,39)28-15-7-4-8-16-28)22-30(36)34(20-19-25-11-5-3-6-12-25)24(2)31(37)33-26-13-9-10-14-26/h3-8,11-12,15-18,21,24,26H,9-10,13-14,19-20,22H2,1-2H3,(H,33,37). The summed E-state index contributed by atoms with van der Waals surface area (Å²) in [4.78, 5) is 28.8. The average molecular weight is 582 g/mol. The number of aryl methyl sites for hydroxylation is 1. The van der Waals surface area contributed by atoms with Gasteiger partial charge in [0.05, 0.1) is 10.6 Å². The van der Waals surface area contributed by atoms with Crippen LogP contribution in [-0.4, -0.2) is 50.3 Å². The first-order valence-corrected chi connectivity index (χ1v) is 15.5. The maximum Gasteiger partial charge on any atom is 0.264 e. The largest absolute Gasteiger partial charge is 0.352 e. The van der Waals surface area contributed by atoms with Crippen molar-refractivity contribution in [2.24, 2.45) is 0 Å². The fraction of sp³-hybridized carbons (Fsp3) is 0.355. The molecule has 4 rings (SSSR count). The van der Waals surface area contributed by atoms with Crippen LogP contribution in [0.1, 0.15) is 43.7 Å². The van der Waals surface area contributed by atoms with E-state index in [2.05, 4.69) is 5.32 Å². The van der Waals surface area contributed by atoms with E-state index in [-0.39, 0.29) is 29.1 Å². The summed E-state index contributed by atoms with van der Waals surface area (Å²) >= 11 is 6.37. The molecular weight excluding hydrogens is 546 g/mol. The van der Waals surface area contributed by atoms with Crippen LogP contribution >= 0.6 is 11.6 Å². The third-order valence-corrected chi connectivity index (χ3v) is 9.60. The Hall–Kier alpha value is -3.36. The number of hydrogen-bond acceptors (Lipinski definition) is 4. The molecule has 0 heterocycles. The van der Waals surface area contributed by atoms with E-state index < -0.39 is 28.5 Å². The molecule has 2 amide bonds. The quantitative estimate of drug-likeness (QED) is 0.330. The Labute approximate surface area is 242 Å². The van der Waals surface area contributed by atoms with Crippen LogP contribution in [-0.2, 0) is 26.0 Å². The van der Waals surface area contributed by atoms with E-state index in [9.17, 15) is 18.0 Å². The molecular formula is C31H36ClN3O4S. The number of benzene rings is 3. The van der Waals surface area contributed by atoms with Gasteiger partial charge in [-0.1, -0.05) is 79.0 Å². The molecule has 1 aliphatic rings. The molecule has 1 fully saturated rings. The lowest BCUT2D eigenvalue weighted by molar-refractivity contribution is -0.139. The van der Waals surface area contributed by atoms with Crippen LogP contribution in [0.3, 0.4) is 0 Å². The predicted molar refractivity (Wildman–Crippen MR) is 159 cm³/mol. The highest BCUT2D eigenvalue weighted by molar-refractivity contribution is 7.92. The summed E-state index contributed by atoms with van der Waals surface area (Å²) in [6.07, 6.45) is 4.51. The van der Waals surface area contributed by atoms with Gasteiger partial charge in [0.15, 0.2) is 0 Å². The number of anilines is 1. The van der Waals surface area contributed by atoms with Gasteiger partial charge in [0, 0.05) is 17.6 Å². The molecule has 1 unspecified atom stereocenters. The number of rotatable bonds is 11. The van der Waals surface area contributed by atoms with Gasteiger partial charge in [-0.2, -0.15) is 0 Å². The minimum atomic E-state index is -4.12. The molecule has 1 N–H and O–H groups in total. The van der Waals surface area contributed by atoms with Gasteiger partial charge in [0.2, 0.25) is 11.8 Å². The first kappa shape index (κ1) is 29.6. The zero-order valence-corrected chi connectivity index (χ0v) is 24.5. The van der Waals surface area contributed by atoms with Crippen molar-refractivity contribution in [2.75, 3.05) is 17.4 Å². The second-order valence-electron chi connectivity index (χ2n) is 10.2. The predicted octanol–water partition coefficient (Wildman–Crippen LogP) is 5.36. The summed E-state index contributed by atoms with van der Waals surface area (Å²) in [5.41, 5.74) is 2.08. The number of nitrogens with zero attached hydrogens (tertiary/aromatic N) is 2. The third kappa shape index (κ3) is 7.23. The maximum absolute atomic E-state index is 14.0. The van der Waals surface area contributed by atoms with Gasteiger partial charge in [-0.25, -0.2) is 8.42 Å². The molecule has 3 aromatic rings. The lowest BCUT2D eigenvalue weighted by atomic mass is 10.1. The first-order chi connectivity index (χ1) is 19.2. The van der Waals surface area contributed by atoms with Crippen molar-refractivity contribution < 1.29 is 18.0 Å². The van der Waals surface area contributed by atoms with Crippen LogP contribution in [0, 0.1) is 6.92 Å². The van der Waals surface area contributed by atoms with Gasteiger partial charge < -0.3 is 10.2 Å². The minimum Gasteiger partial charge on any atom is -0.352 e. The van der Waals surface area contributed by atoms with Crippen molar-refractivity contribution >= 4 is 39.1 Å². The molecule has 7 nitrogen and oxygen atoms in total. The number of carbonyl (C=O) groups is 2. The SMILES string of the molecule is Cc1ccc(N(CC(=O)N(CCc2ccccc2)C(C)C(=O)NC2CCCC2)S(=O)(=O)c2ccccc2)cc1Cl. The molecule has 40 heavy (non-hydrogen) atoms. The number of amides is 2. The molecule has 1 saturated carbocycles. The summed E-state index contributed by atoms with van der Waals surface area (Å²) in [7, 11) is -4.12. The van der Waals surface area contributed by atoms with Crippen molar-refractivity contribution in [3.63, 3.8) is 0 Å². The summed E-state index contributed by atoms with van der Waals surface area (Å²) in [5, 5.41) is 3.48. The zero-order chi connectivity index (χ0) is 28.7. The maximum atomic E-state index is 14.0. The Kier molecular flexibility index (Phi) is 9.87. The fourth-order valence-electron chi connectivity index (χ4n) is 4.95. The van der Waals surface area contributed by atoms with Gasteiger partial charge >= 0.3 is 0 Å². The molecule has 0 spiro atoms. The zero-order valence-electron chi connectivity index (χ0n) is 22.9. The van der Waals surface area contributed by atoms with Crippen molar-refractivity contribution in [1.82, 2.24) is 10.2 Å². The second kappa shape index (κ2) is 13.3. The Balaban J connectivity index is 1.65. The Morgan fingerprint density at radius 2 is 1.60 bits per heavy atom. The topological polar surface area (TPSA) is 86.8 Å². The first-order valence-electron chi connectivity index (χ1n) is 13.6. The van der Waals surface area contributed by atoms with Crippen LogP contribution in [0.25, 0.3) is 0 Å². The van der Waals surface area contributed by atoms with Crippen molar-refractivity contribution in [1.29, 1.82) is 0 Å². The molecule has 212 valence electrons. The van der Waals surface area contributed by atoms with E-state index in [1.807, 2.05) is 37.3 Å². The van der Waals surface area contributed by atoms with Gasteiger partial charge in [0.1, 0.15) is 12.6 Å². The van der Waals surface area contributed by atoms with Crippen molar-refractivity contribution in [3.05, 3.63) is 95.0 Å². The Morgan fingerprint density at radius 3 is 2.23 bits per heavy atom. The van der Waals surface area contributed by atoms with Crippen LogP contribution < -0.4 is 9.62 Å². The van der Waals surface area contributed by atoms with E-state index in [4.69, 9.17) is 11.6 Å². The molecule has 0 aromatic heterocycles. The summed E-state index contributed by atoms with van der Waals surface area (Å²) in [6.45, 7) is 3.30. The van der Waals surface area contributed by atoms with Crippen molar-refractivity contribution in [3.8, 4) is 0 Å². The number of halogens is 1. The number of nitrogens with one attached hydrogen (secondary N) is 1. The summed E-state index contributed by atoms with van der Waals surface area (Å²) in [5.74, 6) is -0.703. The van der Waals surface area contributed by atoms with E-state index in [0.29, 0.717) is 11.4 Å². The molecule has 1 atom stereocenters.